The fourth-order valence-corrected chi connectivity index (χ4v) is 2.09. The first kappa shape index (κ1) is 7.07. The molecule has 1 aliphatic heterocycles. The molecule has 1 nitrogen and oxygen atoms in total. The minimum atomic E-state index is 1.15. The average Bonchev–Trinajstić information content (AvgIpc) is 2.56. The molecule has 1 aliphatic carbocycles. The van der Waals surface area contributed by atoms with Crippen molar-refractivity contribution >= 4 is 17.0 Å². The van der Waals surface area contributed by atoms with Crippen molar-refractivity contribution in [2.75, 3.05) is 0 Å². The number of fused-ring (bicyclic) bond motifs is 3. The topological polar surface area (TPSA) is 12.4 Å². The van der Waals surface area contributed by atoms with Gasteiger partial charge < -0.3 is 0 Å². The van der Waals surface area contributed by atoms with E-state index in [1.807, 2.05) is 0 Å². The van der Waals surface area contributed by atoms with Crippen LogP contribution in [-0.2, 0) is 0 Å². The molecule has 0 saturated heterocycles. The summed E-state index contributed by atoms with van der Waals surface area (Å²) in [5, 5.41) is 0. The fraction of sp³-hybridized carbons (Fsp3) is 0.250. The maximum atomic E-state index is 4.62. The molecule has 0 amide bonds. The molecule has 3 rings (SSSR count). The maximum absolute atomic E-state index is 4.62. The number of para-hydroxylation sites is 1. The van der Waals surface area contributed by atoms with Crippen LogP contribution in [-0.4, -0.2) is 5.71 Å². The highest BCUT2D eigenvalue weighted by Gasteiger charge is 2.21. The van der Waals surface area contributed by atoms with Crippen molar-refractivity contribution in [3.05, 3.63) is 35.9 Å². The van der Waals surface area contributed by atoms with Crippen LogP contribution in [0.4, 0.5) is 5.69 Å². The van der Waals surface area contributed by atoms with Crippen LogP contribution in [0.15, 0.2) is 35.3 Å². The molecular weight excluding hydrogens is 158 g/mol. The van der Waals surface area contributed by atoms with E-state index in [2.05, 4.69) is 35.3 Å². The second-order valence-corrected chi connectivity index (χ2v) is 3.59. The smallest absolute Gasteiger partial charge is 0.0712 e. The number of hydrogen-bond acceptors (Lipinski definition) is 1. The summed E-state index contributed by atoms with van der Waals surface area (Å²) in [5.74, 6) is 0. The zero-order chi connectivity index (χ0) is 8.67. The van der Waals surface area contributed by atoms with Gasteiger partial charge >= 0.3 is 0 Å². The van der Waals surface area contributed by atoms with Crippen molar-refractivity contribution in [3.63, 3.8) is 0 Å². The van der Waals surface area contributed by atoms with Gasteiger partial charge in [0.2, 0.25) is 0 Å². The lowest BCUT2D eigenvalue weighted by molar-refractivity contribution is 0.886. The van der Waals surface area contributed by atoms with Gasteiger partial charge in [0.1, 0.15) is 0 Å². The molecule has 0 unspecified atom stereocenters. The Balaban J connectivity index is 2.23. The average molecular weight is 169 g/mol. The van der Waals surface area contributed by atoms with Gasteiger partial charge in [-0.05, 0) is 25.3 Å². The summed E-state index contributed by atoms with van der Waals surface area (Å²) in [6.07, 6.45) is 5.95. The molecule has 1 heteroatoms. The predicted octanol–water partition coefficient (Wildman–Crippen LogP) is 3.34. The van der Waals surface area contributed by atoms with Gasteiger partial charge in [-0.3, -0.25) is 4.99 Å². The Kier molecular flexibility index (Phi) is 1.39. The number of benzene rings is 1. The molecule has 0 fully saturated rings. The van der Waals surface area contributed by atoms with Gasteiger partial charge in [0, 0.05) is 16.8 Å². The Morgan fingerprint density at radius 1 is 1.15 bits per heavy atom. The van der Waals surface area contributed by atoms with Crippen molar-refractivity contribution in [2.45, 2.75) is 19.3 Å². The van der Waals surface area contributed by atoms with Crippen LogP contribution < -0.4 is 0 Å². The molecule has 0 N–H and O–H groups in total. The minimum Gasteiger partial charge on any atom is -0.252 e. The van der Waals surface area contributed by atoms with E-state index in [1.54, 1.807) is 0 Å². The van der Waals surface area contributed by atoms with Crippen molar-refractivity contribution < 1.29 is 0 Å². The summed E-state index contributed by atoms with van der Waals surface area (Å²) in [6.45, 7) is 0. The molecule has 0 saturated carbocycles. The van der Waals surface area contributed by atoms with Gasteiger partial charge in [-0.2, -0.15) is 0 Å². The van der Waals surface area contributed by atoms with E-state index in [1.165, 1.54) is 29.7 Å². The molecule has 1 heterocycles. The van der Waals surface area contributed by atoms with Gasteiger partial charge in [-0.1, -0.05) is 24.3 Å². The van der Waals surface area contributed by atoms with Crippen molar-refractivity contribution in [2.24, 2.45) is 4.99 Å². The summed E-state index contributed by atoms with van der Waals surface area (Å²) >= 11 is 0. The highest BCUT2D eigenvalue weighted by molar-refractivity contribution is 6.29. The van der Waals surface area contributed by atoms with Crippen LogP contribution in [0.3, 0.4) is 0 Å². The monoisotopic (exact) mass is 169 g/mol. The van der Waals surface area contributed by atoms with Crippen LogP contribution in [0.5, 0.6) is 0 Å². The Labute approximate surface area is 77.8 Å². The van der Waals surface area contributed by atoms with E-state index in [4.69, 9.17) is 0 Å². The summed E-state index contributed by atoms with van der Waals surface area (Å²) < 4.78 is 0. The summed E-state index contributed by atoms with van der Waals surface area (Å²) in [4.78, 5) is 4.62. The number of nitrogens with zero attached hydrogens (tertiary/aromatic N) is 1. The largest absolute Gasteiger partial charge is 0.252 e. The summed E-state index contributed by atoms with van der Waals surface area (Å²) in [5.41, 5.74) is 5.18. The van der Waals surface area contributed by atoms with Gasteiger partial charge in [-0.25, -0.2) is 0 Å². The number of hydrogen-bond donors (Lipinski definition) is 0. The first-order chi connectivity index (χ1) is 6.45. The van der Waals surface area contributed by atoms with Crippen LogP contribution in [0.2, 0.25) is 0 Å². The van der Waals surface area contributed by atoms with Crippen molar-refractivity contribution in [1.82, 2.24) is 0 Å². The Hall–Kier alpha value is -1.37. The third-order valence-corrected chi connectivity index (χ3v) is 2.73. The Morgan fingerprint density at radius 3 is 3.08 bits per heavy atom. The maximum Gasteiger partial charge on any atom is 0.0712 e. The predicted molar refractivity (Wildman–Crippen MR) is 55.4 cm³/mol. The van der Waals surface area contributed by atoms with E-state index in [0.717, 1.165) is 12.1 Å². The first-order valence-corrected chi connectivity index (χ1v) is 4.83. The second kappa shape index (κ2) is 2.56. The van der Waals surface area contributed by atoms with Crippen molar-refractivity contribution in [3.8, 4) is 0 Å². The molecule has 13 heavy (non-hydrogen) atoms. The number of rotatable bonds is 0. The zero-order valence-electron chi connectivity index (χ0n) is 7.46. The van der Waals surface area contributed by atoms with Gasteiger partial charge in [-0.15, -0.1) is 0 Å². The lowest BCUT2D eigenvalue weighted by Gasteiger charge is -2.09. The summed E-state index contributed by atoms with van der Waals surface area (Å²) in [6, 6.07) is 8.41. The molecule has 1 aromatic carbocycles. The first-order valence-electron chi connectivity index (χ1n) is 4.83. The minimum absolute atomic E-state index is 1.15. The fourth-order valence-electron chi connectivity index (χ4n) is 2.09. The van der Waals surface area contributed by atoms with Crippen molar-refractivity contribution in [1.29, 1.82) is 0 Å². The van der Waals surface area contributed by atoms with Gasteiger partial charge in [0.05, 0.1) is 5.69 Å². The van der Waals surface area contributed by atoms with Gasteiger partial charge in [0.15, 0.2) is 0 Å². The Bertz CT molecular complexity index is 413. The third kappa shape index (κ3) is 0.966. The molecule has 0 aromatic heterocycles. The molecule has 0 atom stereocenters. The number of allylic oxidation sites excluding steroid dienone is 2. The normalized spacial score (nSPS) is 18.8. The molecule has 2 aliphatic rings. The van der Waals surface area contributed by atoms with E-state index >= 15 is 0 Å². The molecule has 1 aromatic rings. The van der Waals surface area contributed by atoms with E-state index in [-0.39, 0.29) is 0 Å². The molecule has 0 radical (unpaired) electrons. The molecule has 0 bridgehead atoms. The molecule has 64 valence electrons. The van der Waals surface area contributed by atoms with E-state index < -0.39 is 0 Å². The lowest BCUT2D eigenvalue weighted by Crippen LogP contribution is -2.01. The van der Waals surface area contributed by atoms with Crippen LogP contribution >= 0.6 is 0 Å². The van der Waals surface area contributed by atoms with E-state index in [9.17, 15) is 0 Å². The number of aliphatic imine (C=N–C) groups is 1. The molecule has 0 spiro atoms. The summed E-state index contributed by atoms with van der Waals surface area (Å²) in [7, 11) is 0. The van der Waals surface area contributed by atoms with E-state index in [0.29, 0.717) is 0 Å². The van der Waals surface area contributed by atoms with Crippen LogP contribution in [0.1, 0.15) is 24.8 Å². The Morgan fingerprint density at radius 2 is 2.08 bits per heavy atom. The highest BCUT2D eigenvalue weighted by Crippen LogP contribution is 2.38. The van der Waals surface area contributed by atoms with Gasteiger partial charge in [0.25, 0.3) is 0 Å². The van der Waals surface area contributed by atoms with Crippen LogP contribution in [0.25, 0.3) is 5.57 Å². The third-order valence-electron chi connectivity index (χ3n) is 2.73. The standard InChI is InChI=1S/C12H11N/c1-3-7-11-9(5-1)10-6-2-4-8-12(10)13-11/h1,3,5-7H,2,4,8H2. The van der Waals surface area contributed by atoms with Crippen LogP contribution in [0, 0.1) is 0 Å². The SMILES string of the molecule is C1=C2C(=Nc3ccccc32)CCC1. The highest BCUT2D eigenvalue weighted by atomic mass is 14.8. The zero-order valence-corrected chi connectivity index (χ0v) is 7.46. The molecular formula is C12H11N. The lowest BCUT2D eigenvalue weighted by atomic mass is 9.94. The second-order valence-electron chi connectivity index (χ2n) is 3.59. The quantitative estimate of drug-likeness (QED) is 0.564.